The maximum atomic E-state index is 13.1. The molecule has 4 aromatic rings. The molecule has 0 atom stereocenters. The summed E-state index contributed by atoms with van der Waals surface area (Å²) in [4.78, 5) is 13.1. The van der Waals surface area contributed by atoms with Crippen LogP contribution in [0.15, 0.2) is 70.1 Å². The van der Waals surface area contributed by atoms with Gasteiger partial charge in [0.25, 0.3) is 0 Å². The summed E-state index contributed by atoms with van der Waals surface area (Å²) in [5.41, 5.74) is 2.35. The maximum Gasteiger partial charge on any atom is 0.200 e. The van der Waals surface area contributed by atoms with Crippen molar-refractivity contribution in [1.82, 2.24) is 0 Å². The first-order valence-electron chi connectivity index (χ1n) is 9.61. The molecule has 0 radical (unpaired) electrons. The molecule has 3 aromatic carbocycles. The topological polar surface area (TPSA) is 57.9 Å². The quantitative estimate of drug-likeness (QED) is 0.371. The predicted octanol–water partition coefficient (Wildman–Crippen LogP) is 6.12. The Kier molecular flexibility index (Phi) is 5.22. The number of hydrogen-bond donors (Lipinski definition) is 0. The van der Waals surface area contributed by atoms with Crippen LogP contribution in [0.4, 0.5) is 0 Å². The van der Waals surface area contributed by atoms with Crippen LogP contribution in [0.25, 0.3) is 22.1 Å². The molecule has 0 N–H and O–H groups in total. The molecule has 156 valence electrons. The van der Waals surface area contributed by atoms with Gasteiger partial charge in [-0.05, 0) is 47.5 Å². The number of fused-ring (bicyclic) bond motifs is 2. The first kappa shape index (κ1) is 19.8. The summed E-state index contributed by atoms with van der Waals surface area (Å²) < 4.78 is 22.7. The highest BCUT2D eigenvalue weighted by molar-refractivity contribution is 6.42. The van der Waals surface area contributed by atoms with Gasteiger partial charge in [0.2, 0.25) is 0 Å². The Labute approximate surface area is 187 Å². The van der Waals surface area contributed by atoms with E-state index in [1.807, 2.05) is 12.1 Å². The summed E-state index contributed by atoms with van der Waals surface area (Å²) >= 11 is 12.0. The zero-order chi connectivity index (χ0) is 21.4. The number of hydrogen-bond acceptors (Lipinski definition) is 5. The highest BCUT2D eigenvalue weighted by atomic mass is 35.5. The van der Waals surface area contributed by atoms with Crippen molar-refractivity contribution < 1.29 is 18.6 Å². The zero-order valence-electron chi connectivity index (χ0n) is 16.2. The fourth-order valence-electron chi connectivity index (χ4n) is 3.40. The van der Waals surface area contributed by atoms with Crippen LogP contribution < -0.4 is 19.6 Å². The molecular formula is C24H16Cl2O5. The minimum absolute atomic E-state index is 0.131. The Bertz CT molecular complexity index is 1350. The van der Waals surface area contributed by atoms with Crippen molar-refractivity contribution in [3.8, 4) is 28.4 Å². The molecule has 0 bridgehead atoms. The van der Waals surface area contributed by atoms with Crippen molar-refractivity contribution in [1.29, 1.82) is 0 Å². The lowest BCUT2D eigenvalue weighted by molar-refractivity contribution is 0.171. The van der Waals surface area contributed by atoms with Gasteiger partial charge in [0.15, 0.2) is 16.9 Å². The molecule has 7 heteroatoms. The van der Waals surface area contributed by atoms with Crippen LogP contribution in [-0.2, 0) is 6.61 Å². The second-order valence-electron chi connectivity index (χ2n) is 7.03. The van der Waals surface area contributed by atoms with Crippen LogP contribution >= 0.6 is 23.2 Å². The molecule has 1 aromatic heterocycles. The first-order chi connectivity index (χ1) is 15.1. The number of ether oxygens (including phenoxy) is 3. The van der Waals surface area contributed by atoms with E-state index in [1.165, 1.54) is 6.26 Å². The minimum atomic E-state index is -0.131. The van der Waals surface area contributed by atoms with Gasteiger partial charge in [-0.1, -0.05) is 35.3 Å². The summed E-state index contributed by atoms with van der Waals surface area (Å²) in [5, 5.41) is 1.43. The Morgan fingerprint density at radius 2 is 1.71 bits per heavy atom. The largest absolute Gasteiger partial charge is 0.489 e. The van der Waals surface area contributed by atoms with Gasteiger partial charge in [-0.2, -0.15) is 0 Å². The van der Waals surface area contributed by atoms with Crippen LogP contribution in [0.2, 0.25) is 10.0 Å². The molecule has 5 rings (SSSR count). The molecule has 1 aliphatic rings. The molecule has 2 heterocycles. The minimum Gasteiger partial charge on any atom is -0.489 e. The van der Waals surface area contributed by atoms with Crippen LogP contribution in [0.1, 0.15) is 5.56 Å². The van der Waals surface area contributed by atoms with Crippen LogP contribution in [0.3, 0.4) is 0 Å². The van der Waals surface area contributed by atoms with Gasteiger partial charge in [0.1, 0.15) is 37.4 Å². The van der Waals surface area contributed by atoms with Crippen molar-refractivity contribution in [2.45, 2.75) is 6.61 Å². The third-order valence-electron chi connectivity index (χ3n) is 4.99. The van der Waals surface area contributed by atoms with Crippen molar-refractivity contribution >= 4 is 34.2 Å². The number of benzene rings is 3. The van der Waals surface area contributed by atoms with E-state index >= 15 is 0 Å². The van der Waals surface area contributed by atoms with Crippen LogP contribution in [0.5, 0.6) is 17.2 Å². The van der Waals surface area contributed by atoms with E-state index in [-0.39, 0.29) is 5.43 Å². The van der Waals surface area contributed by atoms with Crippen molar-refractivity contribution in [3.05, 3.63) is 86.7 Å². The molecule has 1 aliphatic heterocycles. The third kappa shape index (κ3) is 3.94. The molecule has 0 saturated heterocycles. The van der Waals surface area contributed by atoms with E-state index in [4.69, 9.17) is 41.8 Å². The zero-order valence-corrected chi connectivity index (χ0v) is 17.7. The summed E-state index contributed by atoms with van der Waals surface area (Å²) in [5.74, 6) is 1.87. The van der Waals surface area contributed by atoms with Crippen molar-refractivity contribution in [2.75, 3.05) is 13.2 Å². The van der Waals surface area contributed by atoms with Crippen molar-refractivity contribution in [3.63, 3.8) is 0 Å². The SMILES string of the molecule is O=c1c(-c2ccc3c(c2)OCCO3)coc2cc(OCc3ccc(Cl)c(Cl)c3)ccc12. The average Bonchev–Trinajstić information content (AvgIpc) is 2.80. The van der Waals surface area contributed by atoms with E-state index < -0.39 is 0 Å². The number of halogens is 2. The van der Waals surface area contributed by atoms with E-state index in [1.54, 1.807) is 42.5 Å². The fourth-order valence-corrected chi connectivity index (χ4v) is 3.73. The summed E-state index contributed by atoms with van der Waals surface area (Å²) in [6, 6.07) is 15.9. The predicted molar refractivity (Wildman–Crippen MR) is 120 cm³/mol. The van der Waals surface area contributed by atoms with Gasteiger partial charge in [-0.15, -0.1) is 0 Å². The lowest BCUT2D eigenvalue weighted by Crippen LogP contribution is -2.15. The van der Waals surface area contributed by atoms with E-state index in [0.29, 0.717) is 69.2 Å². The Hall–Kier alpha value is -3.15. The van der Waals surface area contributed by atoms with Gasteiger partial charge in [0, 0.05) is 6.07 Å². The molecule has 0 aliphatic carbocycles. The van der Waals surface area contributed by atoms with Gasteiger partial charge in [-0.25, -0.2) is 0 Å². The summed E-state index contributed by atoms with van der Waals surface area (Å²) in [7, 11) is 0. The Balaban J connectivity index is 1.42. The Morgan fingerprint density at radius 1 is 0.871 bits per heavy atom. The molecule has 0 spiro atoms. The van der Waals surface area contributed by atoms with E-state index in [2.05, 4.69) is 0 Å². The molecule has 0 saturated carbocycles. The number of rotatable bonds is 4. The van der Waals surface area contributed by atoms with Crippen LogP contribution in [-0.4, -0.2) is 13.2 Å². The fraction of sp³-hybridized carbons (Fsp3) is 0.125. The van der Waals surface area contributed by atoms with Gasteiger partial charge in [-0.3, -0.25) is 4.79 Å². The molecule has 0 unspecified atom stereocenters. The average molecular weight is 455 g/mol. The van der Waals surface area contributed by atoms with Gasteiger partial charge >= 0.3 is 0 Å². The van der Waals surface area contributed by atoms with E-state index in [0.717, 1.165) is 5.56 Å². The molecular weight excluding hydrogens is 439 g/mol. The maximum absolute atomic E-state index is 13.1. The van der Waals surface area contributed by atoms with Gasteiger partial charge < -0.3 is 18.6 Å². The highest BCUT2D eigenvalue weighted by Gasteiger charge is 2.15. The molecule has 5 nitrogen and oxygen atoms in total. The second-order valence-corrected chi connectivity index (χ2v) is 7.85. The normalized spacial score (nSPS) is 12.7. The smallest absolute Gasteiger partial charge is 0.200 e. The lowest BCUT2D eigenvalue weighted by atomic mass is 10.0. The molecule has 0 amide bonds. The Morgan fingerprint density at radius 3 is 2.55 bits per heavy atom. The standard InChI is InChI=1S/C24H16Cl2O5/c25-19-5-1-14(9-20(19)26)12-30-16-3-4-17-22(11-16)31-13-18(24(17)27)15-2-6-21-23(10-15)29-8-7-28-21/h1-6,9-11,13H,7-8,12H2. The first-order valence-corrected chi connectivity index (χ1v) is 10.4. The summed E-state index contributed by atoms with van der Waals surface area (Å²) in [6.07, 6.45) is 1.46. The van der Waals surface area contributed by atoms with E-state index in [9.17, 15) is 4.79 Å². The molecule has 0 fully saturated rings. The van der Waals surface area contributed by atoms with Crippen molar-refractivity contribution in [2.24, 2.45) is 0 Å². The van der Waals surface area contributed by atoms with Gasteiger partial charge in [0.05, 0.1) is 21.0 Å². The monoisotopic (exact) mass is 454 g/mol. The third-order valence-corrected chi connectivity index (χ3v) is 5.73. The molecule has 31 heavy (non-hydrogen) atoms. The second kappa shape index (κ2) is 8.17. The lowest BCUT2D eigenvalue weighted by Gasteiger charge is -2.18. The van der Waals surface area contributed by atoms with Crippen LogP contribution in [0, 0.1) is 0 Å². The summed E-state index contributed by atoms with van der Waals surface area (Å²) in [6.45, 7) is 1.30. The highest BCUT2D eigenvalue weighted by Crippen LogP contribution is 2.34.